The van der Waals surface area contributed by atoms with Crippen LogP contribution in [0, 0.1) is 0 Å². The lowest BCUT2D eigenvalue weighted by Gasteiger charge is -2.24. The number of carbonyl (C=O) groups is 1. The van der Waals surface area contributed by atoms with Crippen molar-refractivity contribution in [2.75, 3.05) is 37.8 Å². The van der Waals surface area contributed by atoms with Gasteiger partial charge in [-0.05, 0) is 31.5 Å². The number of rotatable bonds is 5. The monoisotopic (exact) mass is 289 g/mol. The zero-order chi connectivity index (χ0) is 15.2. The smallest absolute Gasteiger partial charge is 0.225 e. The second kappa shape index (κ2) is 7.13. The van der Waals surface area contributed by atoms with Gasteiger partial charge in [-0.1, -0.05) is 11.6 Å². The van der Waals surface area contributed by atoms with Crippen molar-refractivity contribution < 1.29 is 9.53 Å². The van der Waals surface area contributed by atoms with Gasteiger partial charge < -0.3 is 15.8 Å². The van der Waals surface area contributed by atoms with E-state index in [0.29, 0.717) is 23.5 Å². The minimum atomic E-state index is -0.0230. The van der Waals surface area contributed by atoms with Crippen molar-refractivity contribution in [2.24, 2.45) is 0 Å². The Bertz CT molecular complexity index is 540. The SMILES string of the molecule is COc1ccc(N)cc1NC(=O)CCN1CC=C(C)CC1. The molecule has 3 N–H and O–H groups in total. The molecule has 0 fully saturated rings. The van der Waals surface area contributed by atoms with Gasteiger partial charge >= 0.3 is 0 Å². The minimum Gasteiger partial charge on any atom is -0.495 e. The molecule has 1 heterocycles. The number of ether oxygens (including phenoxy) is 1. The number of nitrogens with one attached hydrogen (secondary N) is 1. The number of benzene rings is 1. The maximum absolute atomic E-state index is 12.0. The first-order valence-electron chi connectivity index (χ1n) is 7.20. The lowest BCUT2D eigenvalue weighted by atomic mass is 10.1. The van der Waals surface area contributed by atoms with Crippen LogP contribution >= 0.6 is 0 Å². The Morgan fingerprint density at radius 2 is 2.29 bits per heavy atom. The van der Waals surface area contributed by atoms with Crippen molar-refractivity contribution in [2.45, 2.75) is 19.8 Å². The third-order valence-electron chi connectivity index (χ3n) is 3.67. The van der Waals surface area contributed by atoms with Crippen molar-refractivity contribution in [1.82, 2.24) is 4.90 Å². The van der Waals surface area contributed by atoms with Gasteiger partial charge in [-0.15, -0.1) is 0 Å². The molecule has 1 aliphatic heterocycles. The lowest BCUT2D eigenvalue weighted by Crippen LogP contribution is -2.31. The molecule has 0 saturated heterocycles. The Morgan fingerprint density at radius 1 is 1.48 bits per heavy atom. The van der Waals surface area contributed by atoms with Crippen LogP contribution in [0.2, 0.25) is 0 Å². The molecule has 5 heteroatoms. The van der Waals surface area contributed by atoms with Crippen LogP contribution in [0.5, 0.6) is 5.75 Å². The van der Waals surface area contributed by atoms with Gasteiger partial charge in [-0.2, -0.15) is 0 Å². The molecule has 1 amide bonds. The van der Waals surface area contributed by atoms with E-state index in [1.165, 1.54) is 5.57 Å². The molecule has 0 aromatic heterocycles. The number of methoxy groups -OCH3 is 1. The molecule has 1 aromatic carbocycles. The fourth-order valence-electron chi connectivity index (χ4n) is 2.31. The summed E-state index contributed by atoms with van der Waals surface area (Å²) in [6.07, 6.45) is 3.78. The summed E-state index contributed by atoms with van der Waals surface area (Å²) in [5, 5.41) is 2.86. The van der Waals surface area contributed by atoms with Gasteiger partial charge in [0.15, 0.2) is 0 Å². The molecule has 0 atom stereocenters. The maximum Gasteiger partial charge on any atom is 0.225 e. The van der Waals surface area contributed by atoms with E-state index >= 15 is 0 Å². The Morgan fingerprint density at radius 3 is 2.95 bits per heavy atom. The Kier molecular flexibility index (Phi) is 5.22. The summed E-state index contributed by atoms with van der Waals surface area (Å²) in [7, 11) is 1.57. The third-order valence-corrected chi connectivity index (χ3v) is 3.67. The summed E-state index contributed by atoms with van der Waals surface area (Å²) in [6.45, 7) is 4.87. The largest absolute Gasteiger partial charge is 0.495 e. The van der Waals surface area contributed by atoms with E-state index in [-0.39, 0.29) is 5.91 Å². The van der Waals surface area contributed by atoms with Crippen molar-refractivity contribution in [3.8, 4) is 5.75 Å². The molecule has 114 valence electrons. The van der Waals surface area contributed by atoms with E-state index in [1.54, 1.807) is 25.3 Å². The molecule has 1 aliphatic rings. The van der Waals surface area contributed by atoms with Crippen LogP contribution < -0.4 is 15.8 Å². The molecule has 0 spiro atoms. The molecular weight excluding hydrogens is 266 g/mol. The van der Waals surface area contributed by atoms with Gasteiger partial charge in [0.05, 0.1) is 12.8 Å². The summed E-state index contributed by atoms with van der Waals surface area (Å²) in [5.74, 6) is 0.597. The number of nitrogen functional groups attached to an aromatic ring is 1. The maximum atomic E-state index is 12.0. The number of hydrogen-bond acceptors (Lipinski definition) is 4. The predicted molar refractivity (Wildman–Crippen MR) is 85.5 cm³/mol. The standard InChI is InChI=1S/C16H23N3O2/c1-12-5-8-19(9-6-12)10-7-16(20)18-14-11-13(17)3-4-15(14)21-2/h3-5,11H,6-10,17H2,1-2H3,(H,18,20). The van der Waals surface area contributed by atoms with E-state index in [1.807, 2.05) is 0 Å². The second-order valence-corrected chi connectivity index (χ2v) is 5.36. The normalized spacial score (nSPS) is 15.4. The summed E-state index contributed by atoms with van der Waals surface area (Å²) < 4.78 is 5.22. The lowest BCUT2D eigenvalue weighted by molar-refractivity contribution is -0.116. The van der Waals surface area contributed by atoms with Crippen molar-refractivity contribution >= 4 is 17.3 Å². The highest BCUT2D eigenvalue weighted by atomic mass is 16.5. The van der Waals surface area contributed by atoms with E-state index in [2.05, 4.69) is 23.2 Å². The Hall–Kier alpha value is -2.01. The van der Waals surface area contributed by atoms with Gasteiger partial charge in [0.2, 0.25) is 5.91 Å². The van der Waals surface area contributed by atoms with E-state index in [0.717, 1.165) is 26.1 Å². The summed E-state index contributed by atoms with van der Waals surface area (Å²) in [6, 6.07) is 5.21. The summed E-state index contributed by atoms with van der Waals surface area (Å²) >= 11 is 0. The van der Waals surface area contributed by atoms with Crippen molar-refractivity contribution in [3.05, 3.63) is 29.8 Å². The Labute approximate surface area is 125 Å². The summed E-state index contributed by atoms with van der Waals surface area (Å²) in [4.78, 5) is 14.3. The number of amides is 1. The first-order valence-corrected chi connectivity index (χ1v) is 7.20. The number of anilines is 2. The van der Waals surface area contributed by atoms with Gasteiger partial charge in [-0.25, -0.2) is 0 Å². The quantitative estimate of drug-likeness (QED) is 0.644. The topological polar surface area (TPSA) is 67.6 Å². The van der Waals surface area contributed by atoms with E-state index in [4.69, 9.17) is 10.5 Å². The predicted octanol–water partition coefficient (Wildman–Crippen LogP) is 2.26. The van der Waals surface area contributed by atoms with Crippen LogP contribution in [0.4, 0.5) is 11.4 Å². The highest BCUT2D eigenvalue weighted by Crippen LogP contribution is 2.26. The Balaban J connectivity index is 1.86. The highest BCUT2D eigenvalue weighted by molar-refractivity contribution is 5.93. The average Bonchev–Trinajstić information content (AvgIpc) is 2.47. The first kappa shape index (κ1) is 15.4. The number of carbonyl (C=O) groups excluding carboxylic acids is 1. The fraction of sp³-hybridized carbons (Fsp3) is 0.438. The van der Waals surface area contributed by atoms with Crippen LogP contribution in [0.15, 0.2) is 29.8 Å². The molecule has 5 nitrogen and oxygen atoms in total. The van der Waals surface area contributed by atoms with E-state index in [9.17, 15) is 4.79 Å². The average molecular weight is 289 g/mol. The van der Waals surface area contributed by atoms with Crippen molar-refractivity contribution in [3.63, 3.8) is 0 Å². The van der Waals surface area contributed by atoms with Gasteiger partial charge in [0, 0.05) is 31.7 Å². The molecule has 0 radical (unpaired) electrons. The van der Waals surface area contributed by atoms with Gasteiger partial charge in [0.1, 0.15) is 5.75 Å². The molecule has 21 heavy (non-hydrogen) atoms. The van der Waals surface area contributed by atoms with Crippen molar-refractivity contribution in [1.29, 1.82) is 0 Å². The molecular formula is C16H23N3O2. The minimum absolute atomic E-state index is 0.0230. The zero-order valence-corrected chi connectivity index (χ0v) is 12.7. The zero-order valence-electron chi connectivity index (χ0n) is 12.7. The van der Waals surface area contributed by atoms with Crippen LogP contribution in [-0.4, -0.2) is 37.6 Å². The molecule has 0 saturated carbocycles. The molecule has 0 aliphatic carbocycles. The van der Waals surface area contributed by atoms with Crippen LogP contribution in [-0.2, 0) is 4.79 Å². The highest BCUT2D eigenvalue weighted by Gasteiger charge is 2.12. The number of nitrogens with zero attached hydrogens (tertiary/aromatic N) is 1. The molecule has 0 bridgehead atoms. The number of hydrogen-bond donors (Lipinski definition) is 2. The van der Waals surface area contributed by atoms with Crippen LogP contribution in [0.3, 0.4) is 0 Å². The van der Waals surface area contributed by atoms with Crippen LogP contribution in [0.25, 0.3) is 0 Å². The van der Waals surface area contributed by atoms with Gasteiger partial charge in [-0.3, -0.25) is 9.69 Å². The third kappa shape index (κ3) is 4.49. The molecule has 1 aromatic rings. The van der Waals surface area contributed by atoms with Gasteiger partial charge in [0.25, 0.3) is 0 Å². The molecule has 2 rings (SSSR count). The number of nitrogens with two attached hydrogens (primary N) is 1. The van der Waals surface area contributed by atoms with E-state index < -0.39 is 0 Å². The molecule has 0 unspecified atom stereocenters. The fourth-order valence-corrected chi connectivity index (χ4v) is 2.31. The first-order chi connectivity index (χ1) is 10.1. The summed E-state index contributed by atoms with van der Waals surface area (Å²) in [5.41, 5.74) is 8.39. The van der Waals surface area contributed by atoms with Crippen LogP contribution in [0.1, 0.15) is 19.8 Å². The second-order valence-electron chi connectivity index (χ2n) is 5.36.